The molecule has 2 aromatic rings. The fourth-order valence-electron chi connectivity index (χ4n) is 1.08. The third-order valence-corrected chi connectivity index (χ3v) is 3.08. The highest BCUT2D eigenvalue weighted by molar-refractivity contribution is 9.10. The average molecular weight is 268 g/mol. The summed E-state index contributed by atoms with van der Waals surface area (Å²) in [6.45, 7) is 0. The molecule has 0 saturated carbocycles. The normalized spacial score (nSPS) is 10.1. The van der Waals surface area contributed by atoms with Gasteiger partial charge in [0.05, 0.1) is 0 Å². The Morgan fingerprint density at radius 1 is 1.43 bits per heavy atom. The standard InChI is InChI=1S/C10H6BrNOS/c11-8-2-1-4-12-9(8)10(13)7-3-5-14-6-7/h1-6H. The minimum absolute atomic E-state index is 0.0428. The Bertz CT molecular complexity index is 453. The lowest BCUT2D eigenvalue weighted by molar-refractivity contribution is 0.103. The molecule has 0 radical (unpaired) electrons. The number of hydrogen-bond donors (Lipinski definition) is 0. The van der Waals surface area contributed by atoms with Crippen molar-refractivity contribution in [2.24, 2.45) is 0 Å². The Morgan fingerprint density at radius 2 is 2.29 bits per heavy atom. The second kappa shape index (κ2) is 4.02. The van der Waals surface area contributed by atoms with E-state index in [-0.39, 0.29) is 5.78 Å². The minimum Gasteiger partial charge on any atom is -0.287 e. The van der Waals surface area contributed by atoms with Crippen LogP contribution < -0.4 is 0 Å². The van der Waals surface area contributed by atoms with E-state index in [2.05, 4.69) is 20.9 Å². The first-order valence-electron chi connectivity index (χ1n) is 3.96. The predicted octanol–water partition coefficient (Wildman–Crippen LogP) is 3.14. The molecule has 0 unspecified atom stereocenters. The van der Waals surface area contributed by atoms with Crippen LogP contribution in [-0.2, 0) is 0 Å². The highest BCUT2D eigenvalue weighted by atomic mass is 79.9. The van der Waals surface area contributed by atoms with Crippen LogP contribution in [0.5, 0.6) is 0 Å². The molecule has 2 heterocycles. The molecule has 2 nitrogen and oxygen atoms in total. The number of aromatic nitrogens is 1. The molecule has 4 heteroatoms. The van der Waals surface area contributed by atoms with Crippen LogP contribution in [0.1, 0.15) is 16.1 Å². The molecule has 0 atom stereocenters. The molecule has 0 aliphatic heterocycles. The molecule has 2 rings (SSSR count). The van der Waals surface area contributed by atoms with E-state index in [1.165, 1.54) is 11.3 Å². The highest BCUT2D eigenvalue weighted by Crippen LogP contribution is 2.18. The Morgan fingerprint density at radius 3 is 2.93 bits per heavy atom. The molecule has 2 aromatic heterocycles. The molecule has 0 bridgehead atoms. The van der Waals surface area contributed by atoms with Crippen LogP contribution in [0.25, 0.3) is 0 Å². The fraction of sp³-hybridized carbons (Fsp3) is 0. The molecule has 0 aromatic carbocycles. The first-order chi connectivity index (χ1) is 6.79. The Kier molecular flexibility index (Phi) is 2.74. The number of carbonyl (C=O) groups is 1. The van der Waals surface area contributed by atoms with Crippen molar-refractivity contribution < 1.29 is 4.79 Å². The van der Waals surface area contributed by atoms with Crippen LogP contribution in [0.3, 0.4) is 0 Å². The molecule has 0 amide bonds. The maximum Gasteiger partial charge on any atom is 0.213 e. The molecular formula is C10H6BrNOS. The number of ketones is 1. The van der Waals surface area contributed by atoms with Crippen molar-refractivity contribution in [1.29, 1.82) is 0 Å². The van der Waals surface area contributed by atoms with Gasteiger partial charge in [0.2, 0.25) is 5.78 Å². The largest absolute Gasteiger partial charge is 0.287 e. The van der Waals surface area contributed by atoms with Crippen LogP contribution in [0.4, 0.5) is 0 Å². The van der Waals surface area contributed by atoms with Gasteiger partial charge in [0.15, 0.2) is 0 Å². The van der Waals surface area contributed by atoms with Crippen molar-refractivity contribution in [2.45, 2.75) is 0 Å². The Balaban J connectivity index is 2.42. The summed E-state index contributed by atoms with van der Waals surface area (Å²) in [5.74, 6) is -0.0428. The average Bonchev–Trinajstić information content (AvgIpc) is 2.70. The van der Waals surface area contributed by atoms with Crippen LogP contribution in [-0.4, -0.2) is 10.8 Å². The lowest BCUT2D eigenvalue weighted by Gasteiger charge is -1.99. The van der Waals surface area contributed by atoms with Crippen LogP contribution in [0.2, 0.25) is 0 Å². The molecule has 0 N–H and O–H groups in total. The first kappa shape index (κ1) is 9.55. The van der Waals surface area contributed by atoms with Gasteiger partial charge < -0.3 is 0 Å². The zero-order valence-electron chi connectivity index (χ0n) is 7.11. The number of thiophene rings is 1. The predicted molar refractivity (Wildman–Crippen MR) is 59.7 cm³/mol. The number of hydrogen-bond acceptors (Lipinski definition) is 3. The Hall–Kier alpha value is -1.00. The van der Waals surface area contributed by atoms with Gasteiger partial charge in [-0.2, -0.15) is 11.3 Å². The molecule has 0 saturated heterocycles. The van der Waals surface area contributed by atoms with Crippen LogP contribution >= 0.6 is 27.3 Å². The van der Waals surface area contributed by atoms with Gasteiger partial charge in [0.25, 0.3) is 0 Å². The summed E-state index contributed by atoms with van der Waals surface area (Å²) in [7, 11) is 0. The van der Waals surface area contributed by atoms with Gasteiger partial charge in [-0.1, -0.05) is 0 Å². The van der Waals surface area contributed by atoms with Crippen molar-refractivity contribution in [3.05, 3.63) is 50.9 Å². The Labute approximate surface area is 93.7 Å². The van der Waals surface area contributed by atoms with Crippen LogP contribution in [0, 0.1) is 0 Å². The summed E-state index contributed by atoms with van der Waals surface area (Å²) in [6.07, 6.45) is 1.62. The lowest BCUT2D eigenvalue weighted by Crippen LogP contribution is -2.03. The van der Waals surface area contributed by atoms with E-state index in [1.54, 1.807) is 18.3 Å². The second-order valence-electron chi connectivity index (χ2n) is 2.67. The summed E-state index contributed by atoms with van der Waals surface area (Å²) < 4.78 is 0.733. The molecule has 0 spiro atoms. The quantitative estimate of drug-likeness (QED) is 0.783. The molecule has 14 heavy (non-hydrogen) atoms. The minimum atomic E-state index is -0.0428. The topological polar surface area (TPSA) is 30.0 Å². The maximum absolute atomic E-state index is 11.8. The van der Waals surface area contributed by atoms with E-state index in [9.17, 15) is 4.79 Å². The van der Waals surface area contributed by atoms with Crippen molar-refractivity contribution in [3.8, 4) is 0 Å². The first-order valence-corrected chi connectivity index (χ1v) is 5.70. The van der Waals surface area contributed by atoms with E-state index in [1.807, 2.05) is 16.8 Å². The summed E-state index contributed by atoms with van der Waals surface area (Å²) >= 11 is 4.81. The van der Waals surface area contributed by atoms with Crippen molar-refractivity contribution in [1.82, 2.24) is 4.98 Å². The number of carbonyl (C=O) groups excluding carboxylic acids is 1. The van der Waals surface area contributed by atoms with Crippen LogP contribution in [0.15, 0.2) is 39.6 Å². The third-order valence-electron chi connectivity index (χ3n) is 1.76. The summed E-state index contributed by atoms with van der Waals surface area (Å²) in [5.41, 5.74) is 1.15. The SMILES string of the molecule is O=C(c1ccsc1)c1ncccc1Br. The van der Waals surface area contributed by atoms with Gasteiger partial charge in [-0.05, 0) is 39.5 Å². The van der Waals surface area contributed by atoms with Crippen molar-refractivity contribution in [3.63, 3.8) is 0 Å². The molecule has 0 aliphatic rings. The fourth-order valence-corrected chi connectivity index (χ4v) is 2.15. The van der Waals surface area contributed by atoms with Gasteiger partial charge in [-0.25, -0.2) is 0 Å². The van der Waals surface area contributed by atoms with E-state index >= 15 is 0 Å². The van der Waals surface area contributed by atoms with Gasteiger partial charge in [-0.15, -0.1) is 0 Å². The second-order valence-corrected chi connectivity index (χ2v) is 4.31. The maximum atomic E-state index is 11.8. The summed E-state index contributed by atoms with van der Waals surface area (Å²) in [4.78, 5) is 15.9. The monoisotopic (exact) mass is 267 g/mol. The van der Waals surface area contributed by atoms with Gasteiger partial charge in [0, 0.05) is 21.6 Å². The van der Waals surface area contributed by atoms with Crippen molar-refractivity contribution in [2.75, 3.05) is 0 Å². The zero-order chi connectivity index (χ0) is 9.97. The van der Waals surface area contributed by atoms with E-state index < -0.39 is 0 Å². The highest BCUT2D eigenvalue weighted by Gasteiger charge is 2.13. The van der Waals surface area contributed by atoms with E-state index in [0.29, 0.717) is 11.3 Å². The number of nitrogens with zero attached hydrogens (tertiary/aromatic N) is 1. The number of pyridine rings is 1. The summed E-state index contributed by atoms with van der Waals surface area (Å²) in [5, 5.41) is 3.70. The molecular weight excluding hydrogens is 262 g/mol. The van der Waals surface area contributed by atoms with E-state index in [4.69, 9.17) is 0 Å². The third kappa shape index (κ3) is 1.76. The van der Waals surface area contributed by atoms with Gasteiger partial charge in [-0.3, -0.25) is 9.78 Å². The van der Waals surface area contributed by atoms with Crippen molar-refractivity contribution >= 4 is 33.0 Å². The van der Waals surface area contributed by atoms with Gasteiger partial charge >= 0.3 is 0 Å². The number of rotatable bonds is 2. The molecule has 0 aliphatic carbocycles. The smallest absolute Gasteiger partial charge is 0.213 e. The van der Waals surface area contributed by atoms with E-state index in [0.717, 1.165) is 4.47 Å². The zero-order valence-corrected chi connectivity index (χ0v) is 9.51. The lowest BCUT2D eigenvalue weighted by atomic mass is 10.1. The number of halogens is 1. The molecule has 0 fully saturated rings. The summed E-state index contributed by atoms with van der Waals surface area (Å²) in [6, 6.07) is 5.40. The molecule has 70 valence electrons. The van der Waals surface area contributed by atoms with Gasteiger partial charge in [0.1, 0.15) is 5.69 Å².